The molecule has 4 heteroatoms. The zero-order chi connectivity index (χ0) is 19.5. The molecule has 1 heterocycles. The molecule has 146 valence electrons. The molecule has 3 nitrogen and oxygen atoms in total. The number of hydrogen-bond donors (Lipinski definition) is 1. The van der Waals surface area contributed by atoms with E-state index in [1.165, 1.54) is 10.4 Å². The minimum absolute atomic E-state index is 0.00627. The van der Waals surface area contributed by atoms with E-state index in [-0.39, 0.29) is 30.0 Å². The van der Waals surface area contributed by atoms with Crippen molar-refractivity contribution in [2.75, 3.05) is 6.61 Å². The van der Waals surface area contributed by atoms with Gasteiger partial charge < -0.3 is 14.3 Å². The van der Waals surface area contributed by atoms with Crippen molar-refractivity contribution in [1.29, 1.82) is 0 Å². The summed E-state index contributed by atoms with van der Waals surface area (Å²) in [5, 5.41) is 11.8. The maximum Gasteiger partial charge on any atom is 0.261 e. The Kier molecular flexibility index (Phi) is 6.21. The van der Waals surface area contributed by atoms with Crippen molar-refractivity contribution >= 4 is 18.7 Å². The summed E-state index contributed by atoms with van der Waals surface area (Å²) in [6, 6.07) is 21.5. The number of ether oxygens (including phenoxy) is 1. The molecule has 27 heavy (non-hydrogen) atoms. The van der Waals surface area contributed by atoms with Gasteiger partial charge >= 0.3 is 0 Å². The summed E-state index contributed by atoms with van der Waals surface area (Å²) in [5.41, 5.74) is 0. The molecule has 2 aromatic rings. The van der Waals surface area contributed by atoms with Crippen molar-refractivity contribution in [3.8, 4) is 0 Å². The Morgan fingerprint density at radius 3 is 1.89 bits per heavy atom. The lowest BCUT2D eigenvalue weighted by molar-refractivity contribution is 0.188. The van der Waals surface area contributed by atoms with Gasteiger partial charge in [-0.15, -0.1) is 0 Å². The van der Waals surface area contributed by atoms with E-state index in [9.17, 15) is 5.11 Å². The molecule has 1 N–H and O–H groups in total. The van der Waals surface area contributed by atoms with Crippen LogP contribution in [0.1, 0.15) is 40.5 Å². The molecular weight excluding hydrogens is 352 g/mol. The molecule has 1 fully saturated rings. The zero-order valence-electron chi connectivity index (χ0n) is 16.9. The van der Waals surface area contributed by atoms with Gasteiger partial charge in [0.25, 0.3) is 8.32 Å². The van der Waals surface area contributed by atoms with E-state index < -0.39 is 8.32 Å². The van der Waals surface area contributed by atoms with E-state index in [1.54, 1.807) is 0 Å². The van der Waals surface area contributed by atoms with Crippen LogP contribution in [0.5, 0.6) is 0 Å². The number of aliphatic hydroxyl groups excluding tert-OH is 1. The summed E-state index contributed by atoms with van der Waals surface area (Å²) in [6.07, 6.45) is 2.22. The van der Waals surface area contributed by atoms with Crippen LogP contribution in [0, 0.1) is 0 Å². The highest BCUT2D eigenvalue weighted by molar-refractivity contribution is 6.99. The molecule has 0 radical (unpaired) electrons. The van der Waals surface area contributed by atoms with Crippen LogP contribution in [-0.4, -0.2) is 38.3 Å². The fourth-order valence-corrected chi connectivity index (χ4v) is 8.78. The lowest BCUT2D eigenvalue weighted by atomic mass is 10.1. The predicted molar refractivity (Wildman–Crippen MR) is 113 cm³/mol. The van der Waals surface area contributed by atoms with Crippen LogP contribution in [0.2, 0.25) is 5.04 Å². The maximum absolute atomic E-state index is 9.18. The second-order valence-electron chi connectivity index (χ2n) is 8.56. The van der Waals surface area contributed by atoms with Crippen LogP contribution in [-0.2, 0) is 9.16 Å². The highest BCUT2D eigenvalue weighted by atomic mass is 28.4. The molecule has 1 aliphatic rings. The smallest absolute Gasteiger partial charge is 0.261 e. The van der Waals surface area contributed by atoms with Gasteiger partial charge in [-0.3, -0.25) is 0 Å². The van der Waals surface area contributed by atoms with Gasteiger partial charge in [0, 0.05) is 6.10 Å². The lowest BCUT2D eigenvalue weighted by Gasteiger charge is -2.44. The van der Waals surface area contributed by atoms with Crippen molar-refractivity contribution in [1.82, 2.24) is 0 Å². The first-order valence-electron chi connectivity index (χ1n) is 9.93. The van der Waals surface area contributed by atoms with Crippen LogP contribution < -0.4 is 10.4 Å². The Balaban J connectivity index is 1.91. The van der Waals surface area contributed by atoms with Gasteiger partial charge in [0.15, 0.2) is 0 Å². The molecular formula is C23H32O3Si. The monoisotopic (exact) mass is 384 g/mol. The Morgan fingerprint density at radius 1 is 0.963 bits per heavy atom. The van der Waals surface area contributed by atoms with Crippen LogP contribution in [0.15, 0.2) is 60.7 Å². The largest absolute Gasteiger partial charge is 0.405 e. The second-order valence-corrected chi connectivity index (χ2v) is 12.8. The molecule has 3 atom stereocenters. The maximum atomic E-state index is 9.18. The Hall–Kier alpha value is -1.46. The van der Waals surface area contributed by atoms with Crippen LogP contribution in [0.4, 0.5) is 0 Å². The van der Waals surface area contributed by atoms with Gasteiger partial charge in [-0.05, 0) is 35.2 Å². The van der Waals surface area contributed by atoms with E-state index in [4.69, 9.17) is 9.16 Å². The van der Waals surface area contributed by atoms with E-state index >= 15 is 0 Å². The lowest BCUT2D eigenvalue weighted by Crippen LogP contribution is -2.67. The molecule has 0 aromatic heterocycles. The van der Waals surface area contributed by atoms with Crippen molar-refractivity contribution in [2.45, 2.75) is 63.9 Å². The predicted octanol–water partition coefficient (Wildman–Crippen LogP) is 3.49. The average molecular weight is 385 g/mol. The van der Waals surface area contributed by atoms with Crippen LogP contribution >= 0.6 is 0 Å². The Labute approximate surface area is 164 Å². The normalized spacial score (nSPS) is 21.1. The van der Waals surface area contributed by atoms with Gasteiger partial charge in [-0.2, -0.15) is 0 Å². The zero-order valence-corrected chi connectivity index (χ0v) is 17.9. The molecule has 0 saturated carbocycles. The van der Waals surface area contributed by atoms with Gasteiger partial charge in [-0.1, -0.05) is 81.4 Å². The highest BCUT2D eigenvalue weighted by Crippen LogP contribution is 2.38. The topological polar surface area (TPSA) is 42.0 Å². The number of rotatable bonds is 8. The Bertz CT molecular complexity index is 672. The molecule has 1 saturated heterocycles. The first-order chi connectivity index (χ1) is 12.9. The summed E-state index contributed by atoms with van der Waals surface area (Å²) < 4.78 is 12.5. The van der Waals surface area contributed by atoms with E-state index in [0.29, 0.717) is 0 Å². The quantitative estimate of drug-likeness (QED) is 0.560. The minimum atomic E-state index is -2.48. The summed E-state index contributed by atoms with van der Waals surface area (Å²) in [4.78, 5) is 0. The van der Waals surface area contributed by atoms with Gasteiger partial charge in [0.2, 0.25) is 0 Å². The van der Waals surface area contributed by atoms with E-state index in [0.717, 1.165) is 12.8 Å². The van der Waals surface area contributed by atoms with Crippen molar-refractivity contribution < 1.29 is 14.3 Å². The number of epoxide rings is 1. The fraction of sp³-hybridized carbons (Fsp3) is 0.478. The molecule has 2 aromatic carbocycles. The van der Waals surface area contributed by atoms with Gasteiger partial charge in [0.05, 0.1) is 12.7 Å². The average Bonchev–Trinajstić information content (AvgIpc) is 3.43. The molecule has 3 rings (SSSR count). The molecule has 1 unspecified atom stereocenters. The minimum Gasteiger partial charge on any atom is -0.405 e. The molecule has 0 aliphatic carbocycles. The molecule has 0 amide bonds. The fourth-order valence-electron chi connectivity index (χ4n) is 4.04. The van der Waals surface area contributed by atoms with Gasteiger partial charge in [-0.25, -0.2) is 0 Å². The number of benzene rings is 2. The first kappa shape index (κ1) is 20.3. The molecule has 1 aliphatic heterocycles. The van der Waals surface area contributed by atoms with Gasteiger partial charge in [0.1, 0.15) is 6.10 Å². The van der Waals surface area contributed by atoms with Crippen molar-refractivity contribution in [3.63, 3.8) is 0 Å². The third-order valence-electron chi connectivity index (χ3n) is 5.52. The summed E-state index contributed by atoms with van der Waals surface area (Å²) in [6.45, 7) is 9.21. The van der Waals surface area contributed by atoms with Crippen LogP contribution in [0.25, 0.3) is 0 Å². The standard InChI is InChI=1S/C23H32O3Si/c1-18(15-16-21-22(17-24)25-21)26-27(23(2,3)4,19-11-7-5-8-12-19)20-13-9-6-10-14-20/h5-14,18,21-22,24H,15-17H2,1-4H3/t18-,21?,22-/m0/s1. The van der Waals surface area contributed by atoms with Crippen LogP contribution in [0.3, 0.4) is 0 Å². The first-order valence-corrected chi connectivity index (χ1v) is 11.8. The summed E-state index contributed by atoms with van der Waals surface area (Å²) >= 11 is 0. The number of aliphatic hydroxyl groups is 1. The van der Waals surface area contributed by atoms with Crippen molar-refractivity contribution in [3.05, 3.63) is 60.7 Å². The Morgan fingerprint density at radius 2 is 1.48 bits per heavy atom. The molecule has 0 spiro atoms. The number of hydrogen-bond acceptors (Lipinski definition) is 3. The summed E-state index contributed by atoms with van der Waals surface area (Å²) in [7, 11) is -2.48. The van der Waals surface area contributed by atoms with Crippen molar-refractivity contribution in [2.24, 2.45) is 0 Å². The van der Waals surface area contributed by atoms with E-state index in [2.05, 4.69) is 88.4 Å². The third-order valence-corrected chi connectivity index (χ3v) is 10.7. The molecule has 0 bridgehead atoms. The second kappa shape index (κ2) is 8.27. The SMILES string of the molecule is C[C@@H](CCC1O[C@H]1CO)O[Si](c1ccccc1)(c1ccccc1)C(C)(C)C. The van der Waals surface area contributed by atoms with E-state index in [1.807, 2.05) is 0 Å². The summed E-state index contributed by atoms with van der Waals surface area (Å²) in [5.74, 6) is 0. The third kappa shape index (κ3) is 4.35. The highest BCUT2D eigenvalue weighted by Gasteiger charge is 2.51.